The summed E-state index contributed by atoms with van der Waals surface area (Å²) in [4.78, 5) is 13.1. The van der Waals surface area contributed by atoms with Gasteiger partial charge in [-0.25, -0.2) is 0 Å². The number of rotatable bonds is 9. The number of halogens is 2. The molecule has 29 heavy (non-hydrogen) atoms. The van der Waals surface area contributed by atoms with Crippen molar-refractivity contribution in [3.05, 3.63) is 45.9 Å². The molecule has 0 saturated carbocycles. The average Bonchev–Trinajstić information content (AvgIpc) is 2.56. The van der Waals surface area contributed by atoms with Crippen molar-refractivity contribution in [1.29, 1.82) is 0 Å². The van der Waals surface area contributed by atoms with E-state index in [-0.39, 0.29) is 32.4 Å². The molecule has 7 heteroatoms. The fourth-order valence-electron chi connectivity index (χ4n) is 2.61. The predicted molar refractivity (Wildman–Crippen MR) is 122 cm³/mol. The minimum absolute atomic E-state index is 0.00865. The Bertz CT molecular complexity index is 815. The van der Waals surface area contributed by atoms with Crippen LogP contribution in [0.5, 0.6) is 17.2 Å². The van der Waals surface area contributed by atoms with Crippen LogP contribution in [-0.4, -0.2) is 23.8 Å². The fourth-order valence-corrected chi connectivity index (χ4v) is 4.47. The van der Waals surface area contributed by atoms with Gasteiger partial charge >= 0.3 is 0 Å². The van der Waals surface area contributed by atoms with Gasteiger partial charge in [-0.15, -0.1) is 0 Å². The summed E-state index contributed by atoms with van der Waals surface area (Å²) < 4.78 is 17.9. The van der Waals surface area contributed by atoms with E-state index in [1.807, 2.05) is 41.5 Å². The molecule has 4 nitrogen and oxygen atoms in total. The molecule has 0 radical (unpaired) electrons. The number of carbonyl (C=O) groups is 1. The van der Waals surface area contributed by atoms with Crippen LogP contribution < -0.4 is 19.5 Å². The van der Waals surface area contributed by atoms with E-state index in [1.54, 1.807) is 30.3 Å². The van der Waals surface area contributed by atoms with Gasteiger partial charge in [0.2, 0.25) is 0 Å². The monoisotopic (exact) mass is 456 g/mol. The van der Waals surface area contributed by atoms with Crippen molar-refractivity contribution >= 4 is 42.6 Å². The molecule has 2 aromatic rings. The number of ether oxygens (including phenoxy) is 3. The number of hydrogen-bond donors (Lipinski definition) is 0. The molecule has 0 aromatic heterocycles. The molecule has 158 valence electrons. The molecule has 0 fully saturated rings. The minimum Gasteiger partial charge on any atom is -0.491 e. The highest BCUT2D eigenvalue weighted by Gasteiger charge is 2.23. The van der Waals surface area contributed by atoms with Crippen molar-refractivity contribution in [2.75, 3.05) is 0 Å². The van der Waals surface area contributed by atoms with E-state index >= 15 is 0 Å². The summed E-state index contributed by atoms with van der Waals surface area (Å²) in [6.45, 7) is 11.6. The van der Waals surface area contributed by atoms with E-state index in [0.717, 1.165) is 0 Å². The van der Waals surface area contributed by atoms with E-state index in [9.17, 15) is 4.79 Å². The molecular weight excluding hydrogens is 430 g/mol. The van der Waals surface area contributed by atoms with Crippen LogP contribution in [0.15, 0.2) is 30.3 Å². The van der Waals surface area contributed by atoms with Crippen molar-refractivity contribution in [3.8, 4) is 17.2 Å². The van der Waals surface area contributed by atoms with Gasteiger partial charge < -0.3 is 14.2 Å². The zero-order chi connectivity index (χ0) is 21.7. The van der Waals surface area contributed by atoms with Crippen LogP contribution in [0, 0.1) is 0 Å². The summed E-state index contributed by atoms with van der Waals surface area (Å²) in [5.41, 5.74) is 0.128. The van der Waals surface area contributed by atoms with Crippen LogP contribution in [0.2, 0.25) is 10.0 Å². The maximum atomic E-state index is 13.1. The molecule has 0 N–H and O–H groups in total. The van der Waals surface area contributed by atoms with Crippen molar-refractivity contribution < 1.29 is 19.0 Å². The van der Waals surface area contributed by atoms with E-state index < -0.39 is 0 Å². The van der Waals surface area contributed by atoms with E-state index in [2.05, 4.69) is 0 Å². The first-order valence-corrected chi connectivity index (χ1v) is 11.3. The van der Waals surface area contributed by atoms with Crippen LogP contribution in [0.1, 0.15) is 51.9 Å². The molecule has 0 aliphatic carbocycles. The van der Waals surface area contributed by atoms with Gasteiger partial charge in [0, 0.05) is 12.1 Å². The first kappa shape index (κ1) is 23.8. The lowest BCUT2D eigenvalue weighted by Gasteiger charge is -2.21. The smallest absolute Gasteiger partial charge is 0.188 e. The van der Waals surface area contributed by atoms with Gasteiger partial charge in [-0.05, 0) is 62.3 Å². The van der Waals surface area contributed by atoms with Crippen LogP contribution in [-0.2, 0) is 0 Å². The van der Waals surface area contributed by atoms with Crippen molar-refractivity contribution in [2.24, 2.45) is 0 Å². The zero-order valence-electron chi connectivity index (χ0n) is 17.5. The average molecular weight is 457 g/mol. The lowest BCUT2D eigenvalue weighted by atomic mass is 10.2. The molecule has 1 unspecified atom stereocenters. The Morgan fingerprint density at radius 2 is 1.28 bits per heavy atom. The third-order valence-corrected chi connectivity index (χ3v) is 5.41. The standard InChI is InChI=1S/C22H27Cl2O4P/c1-12(2)26-15-10-18(27-13(3)4)21(19(11-15)28-14(5)6)29-22(25)20-16(23)8-7-9-17(20)24/h7-14,29H,1-6H3. The van der Waals surface area contributed by atoms with Gasteiger partial charge in [-0.2, -0.15) is 0 Å². The Kier molecular flexibility index (Phi) is 8.63. The molecule has 0 saturated heterocycles. The summed E-state index contributed by atoms with van der Waals surface area (Å²) in [6.07, 6.45) is -0.178. The number of hydrogen-bond acceptors (Lipinski definition) is 4. The van der Waals surface area contributed by atoms with Gasteiger partial charge in [0.1, 0.15) is 17.2 Å². The highest BCUT2D eigenvalue weighted by molar-refractivity contribution is 7.66. The summed E-state index contributed by atoms with van der Waals surface area (Å²) >= 11 is 12.5. The molecule has 0 bridgehead atoms. The Morgan fingerprint density at radius 1 is 0.828 bits per heavy atom. The van der Waals surface area contributed by atoms with Gasteiger partial charge in [0.15, 0.2) is 5.52 Å². The Morgan fingerprint density at radius 3 is 1.69 bits per heavy atom. The highest BCUT2D eigenvalue weighted by Crippen LogP contribution is 2.38. The van der Waals surface area contributed by atoms with Crippen molar-refractivity contribution in [1.82, 2.24) is 0 Å². The summed E-state index contributed by atoms with van der Waals surface area (Å²) in [7, 11) is -0.276. The summed E-state index contributed by atoms with van der Waals surface area (Å²) in [5.74, 6) is 1.75. The highest BCUT2D eigenvalue weighted by atomic mass is 35.5. The van der Waals surface area contributed by atoms with Crippen LogP contribution in [0.4, 0.5) is 0 Å². The Labute approximate surface area is 184 Å². The molecule has 0 heterocycles. The van der Waals surface area contributed by atoms with E-state index in [4.69, 9.17) is 37.4 Å². The topological polar surface area (TPSA) is 44.8 Å². The minimum atomic E-state index is -0.276. The van der Waals surface area contributed by atoms with E-state index in [0.29, 0.717) is 38.2 Å². The third kappa shape index (κ3) is 6.77. The Hall–Kier alpha value is -1.48. The fraction of sp³-hybridized carbons (Fsp3) is 0.409. The summed E-state index contributed by atoms with van der Waals surface area (Å²) in [6, 6.07) is 8.63. The second-order valence-electron chi connectivity index (χ2n) is 7.35. The van der Waals surface area contributed by atoms with Crippen molar-refractivity contribution in [3.63, 3.8) is 0 Å². The van der Waals surface area contributed by atoms with Gasteiger partial charge in [-0.1, -0.05) is 29.3 Å². The van der Waals surface area contributed by atoms with Gasteiger partial charge in [-0.3, -0.25) is 4.79 Å². The first-order valence-electron chi connectivity index (χ1n) is 9.51. The van der Waals surface area contributed by atoms with Gasteiger partial charge in [0.05, 0.1) is 39.2 Å². The molecule has 0 spiro atoms. The largest absolute Gasteiger partial charge is 0.491 e. The second-order valence-corrected chi connectivity index (χ2v) is 9.36. The normalized spacial score (nSPS) is 11.7. The SMILES string of the molecule is CC(C)Oc1cc(OC(C)C)c(PC(=O)c2c(Cl)cccc2Cl)c(OC(C)C)c1. The molecule has 2 aromatic carbocycles. The van der Waals surface area contributed by atoms with E-state index in [1.165, 1.54) is 0 Å². The molecule has 2 rings (SSSR count). The lowest BCUT2D eigenvalue weighted by molar-refractivity contribution is 0.108. The molecular formula is C22H27Cl2O4P. The second kappa shape index (κ2) is 10.5. The maximum Gasteiger partial charge on any atom is 0.188 e. The summed E-state index contributed by atoms with van der Waals surface area (Å²) in [5, 5.41) is 1.32. The van der Waals surface area contributed by atoms with Crippen LogP contribution in [0.25, 0.3) is 0 Å². The first-order chi connectivity index (χ1) is 13.6. The number of carbonyl (C=O) groups excluding carboxylic acids is 1. The zero-order valence-corrected chi connectivity index (χ0v) is 20.0. The lowest BCUT2D eigenvalue weighted by Crippen LogP contribution is -2.18. The number of benzene rings is 2. The molecule has 1 atom stereocenters. The third-order valence-electron chi connectivity index (χ3n) is 3.56. The Balaban J connectivity index is 2.55. The van der Waals surface area contributed by atoms with Crippen molar-refractivity contribution in [2.45, 2.75) is 59.9 Å². The molecule has 0 aliphatic rings. The predicted octanol–water partition coefficient (Wildman–Crippen LogP) is 6.50. The van der Waals surface area contributed by atoms with Gasteiger partial charge in [0.25, 0.3) is 0 Å². The maximum absolute atomic E-state index is 13.1. The molecule has 0 aliphatic heterocycles. The van der Waals surface area contributed by atoms with Crippen LogP contribution >= 0.6 is 31.8 Å². The van der Waals surface area contributed by atoms with Crippen LogP contribution in [0.3, 0.4) is 0 Å². The quantitative estimate of drug-likeness (QED) is 0.404. The molecule has 0 amide bonds.